The number of aromatic nitrogens is 4. The summed E-state index contributed by atoms with van der Waals surface area (Å²) in [4.78, 5) is 25.6. The number of amides is 1. The maximum absolute atomic E-state index is 13.2. The van der Waals surface area contributed by atoms with E-state index in [0.717, 1.165) is 11.1 Å². The number of para-hydroxylation sites is 1. The van der Waals surface area contributed by atoms with Gasteiger partial charge in [-0.3, -0.25) is 18.6 Å². The van der Waals surface area contributed by atoms with Crippen LogP contribution in [-0.4, -0.2) is 36.4 Å². The lowest BCUT2D eigenvalue weighted by atomic mass is 10.2. The predicted molar refractivity (Wildman–Crippen MR) is 119 cm³/mol. The van der Waals surface area contributed by atoms with E-state index < -0.39 is 0 Å². The molecular weight excluding hydrogens is 398 g/mol. The standard InChI is InChI=1S/C22H23N5O2S/c1-14(2)23-19(28)15(3)30-22-25-24-21-26(13-16-9-5-4-6-10-16)20(29)17-11-7-8-12-18(17)27(21)22/h4-12,14-15H,13H2,1-3H3,(H,23,28)/t15-/m1/s1. The molecule has 2 aromatic heterocycles. The molecule has 2 heterocycles. The molecule has 4 aromatic rings. The van der Waals surface area contributed by atoms with Crippen LogP contribution in [0.2, 0.25) is 0 Å². The van der Waals surface area contributed by atoms with Gasteiger partial charge < -0.3 is 5.32 Å². The zero-order valence-corrected chi connectivity index (χ0v) is 17.9. The molecule has 1 amide bonds. The monoisotopic (exact) mass is 421 g/mol. The number of hydrogen-bond donors (Lipinski definition) is 1. The van der Waals surface area contributed by atoms with E-state index >= 15 is 0 Å². The Labute approximate surface area is 178 Å². The van der Waals surface area contributed by atoms with E-state index in [9.17, 15) is 9.59 Å². The lowest BCUT2D eigenvalue weighted by Gasteiger charge is -2.14. The Kier molecular flexibility index (Phi) is 5.59. The molecule has 30 heavy (non-hydrogen) atoms. The van der Waals surface area contributed by atoms with Crippen LogP contribution in [0.5, 0.6) is 0 Å². The molecule has 1 atom stereocenters. The van der Waals surface area contributed by atoms with Gasteiger partial charge in [-0.15, -0.1) is 10.2 Å². The Bertz CT molecular complexity index is 1260. The van der Waals surface area contributed by atoms with Crippen LogP contribution < -0.4 is 10.9 Å². The quantitative estimate of drug-likeness (QED) is 0.484. The minimum Gasteiger partial charge on any atom is -0.353 e. The molecule has 4 rings (SSSR count). The molecule has 7 nitrogen and oxygen atoms in total. The molecule has 0 saturated heterocycles. The Morgan fingerprint density at radius 3 is 2.47 bits per heavy atom. The summed E-state index contributed by atoms with van der Waals surface area (Å²) in [7, 11) is 0. The molecule has 0 aliphatic carbocycles. The van der Waals surface area contributed by atoms with E-state index in [1.54, 1.807) is 4.57 Å². The van der Waals surface area contributed by atoms with Gasteiger partial charge in [0.15, 0.2) is 5.16 Å². The fourth-order valence-corrected chi connectivity index (χ4v) is 4.20. The lowest BCUT2D eigenvalue weighted by molar-refractivity contribution is -0.120. The molecular formula is C22H23N5O2S. The van der Waals surface area contributed by atoms with Crippen molar-refractivity contribution >= 4 is 34.3 Å². The highest BCUT2D eigenvalue weighted by molar-refractivity contribution is 8.00. The fourth-order valence-electron chi connectivity index (χ4n) is 3.33. The molecule has 1 N–H and O–H groups in total. The number of nitrogens with zero attached hydrogens (tertiary/aromatic N) is 4. The number of hydrogen-bond acceptors (Lipinski definition) is 5. The summed E-state index contributed by atoms with van der Waals surface area (Å²) >= 11 is 1.33. The molecule has 154 valence electrons. The summed E-state index contributed by atoms with van der Waals surface area (Å²) in [6.45, 7) is 6.08. The Balaban J connectivity index is 1.84. The zero-order chi connectivity index (χ0) is 21.3. The average Bonchev–Trinajstić information content (AvgIpc) is 3.15. The van der Waals surface area contributed by atoms with Gasteiger partial charge in [-0.1, -0.05) is 54.2 Å². The third-order valence-electron chi connectivity index (χ3n) is 4.74. The summed E-state index contributed by atoms with van der Waals surface area (Å²) in [5.41, 5.74) is 1.61. The lowest BCUT2D eigenvalue weighted by Crippen LogP contribution is -2.36. The molecule has 0 radical (unpaired) electrons. The van der Waals surface area contributed by atoms with Gasteiger partial charge in [-0.25, -0.2) is 0 Å². The zero-order valence-electron chi connectivity index (χ0n) is 17.1. The van der Waals surface area contributed by atoms with Crippen molar-refractivity contribution < 1.29 is 4.79 Å². The van der Waals surface area contributed by atoms with Gasteiger partial charge in [-0.2, -0.15) is 0 Å². The topological polar surface area (TPSA) is 81.3 Å². The van der Waals surface area contributed by atoms with Gasteiger partial charge in [0, 0.05) is 6.04 Å². The van der Waals surface area contributed by atoms with E-state index in [4.69, 9.17) is 0 Å². The third kappa shape index (κ3) is 3.82. The minimum absolute atomic E-state index is 0.0614. The Morgan fingerprint density at radius 1 is 1.03 bits per heavy atom. The molecule has 2 aromatic carbocycles. The third-order valence-corrected chi connectivity index (χ3v) is 5.79. The predicted octanol–water partition coefficient (Wildman–Crippen LogP) is 3.10. The van der Waals surface area contributed by atoms with Crippen molar-refractivity contribution in [1.29, 1.82) is 0 Å². The first-order valence-electron chi connectivity index (χ1n) is 9.83. The van der Waals surface area contributed by atoms with Crippen molar-refractivity contribution in [3.63, 3.8) is 0 Å². The number of carbonyl (C=O) groups is 1. The largest absolute Gasteiger partial charge is 0.353 e. The second-order valence-corrected chi connectivity index (χ2v) is 8.74. The summed E-state index contributed by atoms with van der Waals surface area (Å²) in [5, 5.41) is 12.4. The van der Waals surface area contributed by atoms with Gasteiger partial charge in [-0.05, 0) is 38.5 Å². The van der Waals surface area contributed by atoms with Crippen molar-refractivity contribution in [3.05, 3.63) is 70.5 Å². The number of rotatable bonds is 6. The van der Waals surface area contributed by atoms with E-state index in [0.29, 0.717) is 22.9 Å². The van der Waals surface area contributed by atoms with Crippen LogP contribution in [0.15, 0.2) is 64.5 Å². The maximum Gasteiger partial charge on any atom is 0.263 e. The number of carbonyl (C=O) groups excluding carboxylic acids is 1. The fraction of sp³-hybridized carbons (Fsp3) is 0.273. The number of fused-ring (bicyclic) bond motifs is 3. The Hall–Kier alpha value is -3.13. The van der Waals surface area contributed by atoms with Crippen LogP contribution in [0.4, 0.5) is 0 Å². The van der Waals surface area contributed by atoms with Crippen LogP contribution in [-0.2, 0) is 11.3 Å². The first-order chi connectivity index (χ1) is 14.5. The Morgan fingerprint density at radius 2 is 1.73 bits per heavy atom. The van der Waals surface area contributed by atoms with Crippen LogP contribution >= 0.6 is 11.8 Å². The molecule has 0 saturated carbocycles. The van der Waals surface area contributed by atoms with Crippen molar-refractivity contribution in [2.45, 2.75) is 43.8 Å². The smallest absolute Gasteiger partial charge is 0.263 e. The van der Waals surface area contributed by atoms with Gasteiger partial charge in [0.2, 0.25) is 11.7 Å². The van der Waals surface area contributed by atoms with Crippen LogP contribution in [0.25, 0.3) is 16.7 Å². The van der Waals surface area contributed by atoms with E-state index in [-0.39, 0.29) is 22.8 Å². The normalized spacial score (nSPS) is 12.5. The highest BCUT2D eigenvalue weighted by atomic mass is 32.2. The van der Waals surface area contributed by atoms with E-state index in [1.807, 2.05) is 79.8 Å². The summed E-state index contributed by atoms with van der Waals surface area (Å²) < 4.78 is 3.50. The van der Waals surface area contributed by atoms with Gasteiger partial charge in [0.25, 0.3) is 5.56 Å². The van der Waals surface area contributed by atoms with Gasteiger partial charge in [0.05, 0.1) is 22.7 Å². The number of thioether (sulfide) groups is 1. The number of nitrogens with one attached hydrogen (secondary N) is 1. The average molecular weight is 422 g/mol. The van der Waals surface area contributed by atoms with Crippen LogP contribution in [0.1, 0.15) is 26.3 Å². The van der Waals surface area contributed by atoms with Crippen LogP contribution in [0.3, 0.4) is 0 Å². The van der Waals surface area contributed by atoms with Gasteiger partial charge in [0.1, 0.15) is 0 Å². The van der Waals surface area contributed by atoms with Gasteiger partial charge >= 0.3 is 0 Å². The van der Waals surface area contributed by atoms with Crippen molar-refractivity contribution in [2.75, 3.05) is 0 Å². The second-order valence-electron chi connectivity index (χ2n) is 7.44. The summed E-state index contributed by atoms with van der Waals surface area (Å²) in [6, 6.07) is 17.3. The second kappa shape index (κ2) is 8.31. The van der Waals surface area contributed by atoms with Crippen LogP contribution in [0, 0.1) is 0 Å². The summed E-state index contributed by atoms with van der Waals surface area (Å²) in [5.74, 6) is 0.398. The van der Waals surface area contributed by atoms with E-state index in [2.05, 4.69) is 15.5 Å². The number of benzene rings is 2. The molecule has 8 heteroatoms. The molecule has 0 aliphatic heterocycles. The molecule has 0 fully saturated rings. The maximum atomic E-state index is 13.2. The SMILES string of the molecule is CC(C)NC(=O)[C@@H](C)Sc1nnc2n(Cc3ccccc3)c(=O)c3ccccc3n12. The highest BCUT2D eigenvalue weighted by Gasteiger charge is 2.21. The van der Waals surface area contributed by atoms with Crippen molar-refractivity contribution in [3.8, 4) is 0 Å². The first kappa shape index (κ1) is 20.2. The summed E-state index contributed by atoms with van der Waals surface area (Å²) in [6.07, 6.45) is 0. The molecule has 0 bridgehead atoms. The van der Waals surface area contributed by atoms with Crippen molar-refractivity contribution in [1.82, 2.24) is 24.5 Å². The molecule has 0 unspecified atom stereocenters. The first-order valence-corrected chi connectivity index (χ1v) is 10.7. The highest BCUT2D eigenvalue weighted by Crippen LogP contribution is 2.25. The molecule has 0 aliphatic rings. The van der Waals surface area contributed by atoms with E-state index in [1.165, 1.54) is 11.8 Å². The minimum atomic E-state index is -0.354. The molecule has 0 spiro atoms. The van der Waals surface area contributed by atoms with Crippen molar-refractivity contribution in [2.24, 2.45) is 0 Å².